The molecule has 2 aromatic carbocycles. The number of ether oxygens (including phenoxy) is 2. The monoisotopic (exact) mass is 484 g/mol. The Hall–Kier alpha value is -4.59. The smallest absolute Gasteiger partial charge is 0.413 e. The summed E-state index contributed by atoms with van der Waals surface area (Å²) >= 11 is 0. The zero-order valence-corrected chi connectivity index (χ0v) is 20.6. The quantitative estimate of drug-likeness (QED) is 0.305. The molecule has 0 radical (unpaired) electrons. The van der Waals surface area contributed by atoms with Crippen LogP contribution in [0.2, 0.25) is 0 Å². The first kappa shape index (κ1) is 24.5. The number of nitrogens with zero attached hydrogens (tertiary/aromatic N) is 1. The van der Waals surface area contributed by atoms with Gasteiger partial charge in [-0.25, -0.2) is 9.78 Å². The third kappa shape index (κ3) is 6.09. The summed E-state index contributed by atoms with van der Waals surface area (Å²) in [7, 11) is 1.47. The average Bonchev–Trinajstić information content (AvgIpc) is 3.35. The number of benzene rings is 2. The van der Waals surface area contributed by atoms with Crippen LogP contribution in [0.1, 0.15) is 36.8 Å². The molecule has 0 spiro atoms. The Balaban J connectivity index is 1.44. The highest BCUT2D eigenvalue weighted by Gasteiger charge is 2.15. The third-order valence-electron chi connectivity index (χ3n) is 5.45. The van der Waals surface area contributed by atoms with E-state index in [0.717, 1.165) is 16.8 Å². The fourth-order valence-electron chi connectivity index (χ4n) is 3.48. The Morgan fingerprint density at radius 1 is 0.917 bits per heavy atom. The van der Waals surface area contributed by atoms with Crippen molar-refractivity contribution < 1.29 is 19.1 Å². The Kier molecular flexibility index (Phi) is 7.05. The number of rotatable bonds is 6. The second-order valence-corrected chi connectivity index (χ2v) is 9.18. The highest BCUT2D eigenvalue weighted by Crippen LogP contribution is 2.29. The number of amides is 2. The molecule has 2 amide bonds. The first-order valence-corrected chi connectivity index (χ1v) is 11.5. The van der Waals surface area contributed by atoms with Crippen molar-refractivity contribution in [2.75, 3.05) is 12.4 Å². The molecule has 36 heavy (non-hydrogen) atoms. The van der Waals surface area contributed by atoms with Gasteiger partial charge in [-0.3, -0.25) is 4.79 Å². The molecule has 8 heteroatoms. The number of hydrogen-bond acceptors (Lipinski definition) is 5. The van der Waals surface area contributed by atoms with Crippen LogP contribution >= 0.6 is 0 Å². The number of aromatic nitrogens is 2. The van der Waals surface area contributed by atoms with Crippen LogP contribution in [0.15, 0.2) is 79.1 Å². The van der Waals surface area contributed by atoms with Crippen molar-refractivity contribution in [2.24, 2.45) is 0 Å². The molecule has 0 saturated heterocycles. The molecular weight excluding hydrogens is 456 g/mol. The molecule has 4 rings (SSSR count). The number of anilines is 1. The molecular formula is C28H28N4O4. The van der Waals surface area contributed by atoms with E-state index in [-0.39, 0.29) is 17.2 Å². The normalized spacial score (nSPS) is 11.0. The van der Waals surface area contributed by atoms with Crippen molar-refractivity contribution in [3.8, 4) is 28.5 Å². The SMILES string of the molecule is CNC(=O)Oc1cc(Oc2cccc(-c3c[nH]c(C(=O)Nc4ccc(C(C)(C)C)cc4)c3)c2)ccn1. The zero-order valence-electron chi connectivity index (χ0n) is 20.6. The molecule has 0 atom stereocenters. The third-order valence-corrected chi connectivity index (χ3v) is 5.45. The topological polar surface area (TPSA) is 105 Å². The van der Waals surface area contributed by atoms with Gasteiger partial charge >= 0.3 is 6.09 Å². The molecule has 0 aliphatic heterocycles. The van der Waals surface area contributed by atoms with E-state index in [4.69, 9.17) is 9.47 Å². The van der Waals surface area contributed by atoms with Crippen molar-refractivity contribution in [3.05, 3.63) is 90.4 Å². The van der Waals surface area contributed by atoms with Crippen molar-refractivity contribution in [1.29, 1.82) is 0 Å². The number of hydrogen-bond donors (Lipinski definition) is 3. The van der Waals surface area contributed by atoms with Crippen LogP contribution in [0.4, 0.5) is 10.5 Å². The number of aromatic amines is 1. The van der Waals surface area contributed by atoms with Gasteiger partial charge in [0.25, 0.3) is 5.91 Å². The molecule has 0 unspecified atom stereocenters. The maximum atomic E-state index is 12.8. The highest BCUT2D eigenvalue weighted by atomic mass is 16.6. The van der Waals surface area contributed by atoms with Crippen LogP contribution < -0.4 is 20.1 Å². The van der Waals surface area contributed by atoms with Crippen LogP contribution in [0.3, 0.4) is 0 Å². The standard InChI is InChI=1S/C28H28N4O4/c1-28(2,3)20-8-10-21(11-9-20)32-26(33)24-15-19(17-31-24)18-6-5-7-22(14-18)35-23-12-13-30-25(16-23)36-27(34)29-4/h5-17,31H,1-4H3,(H,29,34)(H,32,33). The highest BCUT2D eigenvalue weighted by molar-refractivity contribution is 6.03. The van der Waals surface area contributed by atoms with Crippen LogP contribution in [0.25, 0.3) is 11.1 Å². The van der Waals surface area contributed by atoms with E-state index in [2.05, 4.69) is 41.4 Å². The predicted molar refractivity (Wildman–Crippen MR) is 139 cm³/mol. The van der Waals surface area contributed by atoms with E-state index >= 15 is 0 Å². The Morgan fingerprint density at radius 2 is 1.67 bits per heavy atom. The number of carbonyl (C=O) groups is 2. The summed E-state index contributed by atoms with van der Waals surface area (Å²) in [6.45, 7) is 6.45. The molecule has 2 aromatic heterocycles. The van der Waals surface area contributed by atoms with Gasteiger partial charge in [-0.15, -0.1) is 0 Å². The summed E-state index contributed by atoms with van der Waals surface area (Å²) in [4.78, 5) is 31.2. The fourth-order valence-corrected chi connectivity index (χ4v) is 3.48. The van der Waals surface area contributed by atoms with Crippen LogP contribution in [0, 0.1) is 0 Å². The van der Waals surface area contributed by atoms with Gasteiger partial charge in [-0.05, 0) is 52.9 Å². The summed E-state index contributed by atoms with van der Waals surface area (Å²) in [5.41, 5.74) is 4.14. The van der Waals surface area contributed by atoms with E-state index in [9.17, 15) is 9.59 Å². The molecule has 3 N–H and O–H groups in total. The maximum absolute atomic E-state index is 12.8. The lowest BCUT2D eigenvalue weighted by Crippen LogP contribution is -2.22. The van der Waals surface area contributed by atoms with Gasteiger partial charge < -0.3 is 25.1 Å². The maximum Gasteiger partial charge on any atom is 0.413 e. The molecule has 0 saturated carbocycles. The van der Waals surface area contributed by atoms with Gasteiger partial charge in [-0.1, -0.05) is 45.0 Å². The van der Waals surface area contributed by atoms with Gasteiger partial charge in [-0.2, -0.15) is 0 Å². The van der Waals surface area contributed by atoms with Crippen molar-refractivity contribution in [1.82, 2.24) is 15.3 Å². The largest absolute Gasteiger partial charge is 0.457 e. The average molecular weight is 485 g/mol. The molecule has 0 bridgehead atoms. The summed E-state index contributed by atoms with van der Waals surface area (Å²) in [5, 5.41) is 5.29. The second-order valence-electron chi connectivity index (χ2n) is 9.18. The fraction of sp³-hybridized carbons (Fsp3) is 0.179. The van der Waals surface area contributed by atoms with Crippen LogP contribution in [0.5, 0.6) is 17.4 Å². The second kappa shape index (κ2) is 10.4. The van der Waals surface area contributed by atoms with Crippen molar-refractivity contribution >= 4 is 17.7 Å². The van der Waals surface area contributed by atoms with Gasteiger partial charge in [0.2, 0.25) is 5.88 Å². The summed E-state index contributed by atoms with van der Waals surface area (Å²) in [6.07, 6.45) is 2.65. The van der Waals surface area contributed by atoms with Crippen LogP contribution in [-0.4, -0.2) is 29.0 Å². The summed E-state index contributed by atoms with van der Waals surface area (Å²) in [6, 6.07) is 20.3. The number of carbonyl (C=O) groups excluding carboxylic acids is 2. The van der Waals surface area contributed by atoms with Gasteiger partial charge in [0.15, 0.2) is 0 Å². The van der Waals surface area contributed by atoms with E-state index in [0.29, 0.717) is 17.2 Å². The van der Waals surface area contributed by atoms with Gasteiger partial charge in [0, 0.05) is 36.8 Å². The van der Waals surface area contributed by atoms with E-state index < -0.39 is 6.09 Å². The summed E-state index contributed by atoms with van der Waals surface area (Å²) in [5.74, 6) is 0.943. The molecule has 184 valence electrons. The molecule has 2 heterocycles. The number of pyridine rings is 1. The van der Waals surface area contributed by atoms with E-state index in [1.54, 1.807) is 18.3 Å². The molecule has 8 nitrogen and oxygen atoms in total. The zero-order chi connectivity index (χ0) is 25.7. The number of H-pyrrole nitrogens is 1. The van der Waals surface area contributed by atoms with Crippen molar-refractivity contribution in [2.45, 2.75) is 26.2 Å². The lowest BCUT2D eigenvalue weighted by Gasteiger charge is -2.19. The van der Waals surface area contributed by atoms with Gasteiger partial charge in [0.05, 0.1) is 0 Å². The minimum Gasteiger partial charge on any atom is -0.457 e. The van der Waals surface area contributed by atoms with E-state index in [1.807, 2.05) is 48.5 Å². The minimum atomic E-state index is -0.615. The molecule has 0 aliphatic rings. The lowest BCUT2D eigenvalue weighted by atomic mass is 9.87. The van der Waals surface area contributed by atoms with E-state index in [1.165, 1.54) is 24.9 Å². The molecule has 4 aromatic rings. The number of nitrogens with one attached hydrogen (secondary N) is 3. The minimum absolute atomic E-state index is 0.0498. The first-order chi connectivity index (χ1) is 17.2. The predicted octanol–water partition coefficient (Wildman–Crippen LogP) is 6.14. The Bertz CT molecular complexity index is 1370. The molecule has 0 aliphatic carbocycles. The summed E-state index contributed by atoms with van der Waals surface area (Å²) < 4.78 is 11.0. The Labute approximate surface area is 209 Å². The van der Waals surface area contributed by atoms with Crippen LogP contribution in [-0.2, 0) is 5.41 Å². The van der Waals surface area contributed by atoms with Crippen molar-refractivity contribution in [3.63, 3.8) is 0 Å². The lowest BCUT2D eigenvalue weighted by molar-refractivity contribution is 0.102. The molecule has 0 fully saturated rings. The van der Waals surface area contributed by atoms with Gasteiger partial charge in [0.1, 0.15) is 17.2 Å². The first-order valence-electron chi connectivity index (χ1n) is 11.5. The Morgan fingerprint density at radius 3 is 2.39 bits per heavy atom.